The number of hydrogen-bond donors (Lipinski definition) is 1. The van der Waals surface area contributed by atoms with Gasteiger partial charge in [-0.3, -0.25) is 0 Å². The van der Waals surface area contributed by atoms with Crippen molar-refractivity contribution in [3.05, 3.63) is 33.4 Å². The van der Waals surface area contributed by atoms with Crippen molar-refractivity contribution in [2.75, 3.05) is 11.9 Å². The zero-order valence-corrected chi connectivity index (χ0v) is 12.0. The minimum Gasteiger partial charge on any atom is -0.369 e. The number of aromatic nitrogens is 1. The van der Waals surface area contributed by atoms with Crippen LogP contribution in [-0.4, -0.2) is 11.5 Å². The zero-order valence-electron chi connectivity index (χ0n) is 9.68. The first-order chi connectivity index (χ1) is 8.25. The Hall–Kier alpha value is -0.540. The topological polar surface area (TPSA) is 24.9 Å². The minimum atomic E-state index is 0.650. The van der Waals surface area contributed by atoms with Gasteiger partial charge in [0, 0.05) is 12.7 Å². The molecule has 17 heavy (non-hydrogen) atoms. The molecule has 0 fully saturated rings. The van der Waals surface area contributed by atoms with Crippen LogP contribution in [0.3, 0.4) is 0 Å². The number of anilines is 1. The molecule has 0 aromatic carbocycles. The van der Waals surface area contributed by atoms with Crippen molar-refractivity contribution in [2.24, 2.45) is 0 Å². The van der Waals surface area contributed by atoms with Gasteiger partial charge in [0.1, 0.15) is 5.82 Å². The van der Waals surface area contributed by atoms with E-state index in [2.05, 4.69) is 32.3 Å². The van der Waals surface area contributed by atoms with Crippen LogP contribution < -0.4 is 5.32 Å². The molecule has 1 aliphatic carbocycles. The molecular formula is C13H16BrClN2. The highest BCUT2D eigenvalue weighted by Crippen LogP contribution is 2.24. The third-order valence-corrected chi connectivity index (χ3v) is 3.74. The maximum absolute atomic E-state index is 5.84. The average molecular weight is 316 g/mol. The van der Waals surface area contributed by atoms with Gasteiger partial charge >= 0.3 is 0 Å². The number of nitrogens with one attached hydrogen (secondary N) is 1. The molecule has 0 atom stereocenters. The van der Waals surface area contributed by atoms with Crippen LogP contribution in [0.15, 0.2) is 28.4 Å². The second-order valence-corrected chi connectivity index (χ2v) is 5.56. The molecule has 0 unspecified atom stereocenters. The summed E-state index contributed by atoms with van der Waals surface area (Å²) in [5.41, 5.74) is 1.58. The predicted octanol–water partition coefficient (Wildman–Crippen LogP) is 4.80. The van der Waals surface area contributed by atoms with Crippen molar-refractivity contribution in [3.8, 4) is 0 Å². The Bertz CT molecular complexity index is 418. The molecule has 2 nitrogen and oxygen atoms in total. The van der Waals surface area contributed by atoms with Crippen molar-refractivity contribution in [3.63, 3.8) is 0 Å². The van der Waals surface area contributed by atoms with Gasteiger partial charge in [0.05, 0.1) is 9.50 Å². The van der Waals surface area contributed by atoms with Gasteiger partial charge in [-0.25, -0.2) is 4.98 Å². The summed E-state index contributed by atoms with van der Waals surface area (Å²) in [5.74, 6) is 0.866. The summed E-state index contributed by atoms with van der Waals surface area (Å²) < 4.78 is 0.919. The molecule has 1 heterocycles. The lowest BCUT2D eigenvalue weighted by molar-refractivity contribution is 0.679. The van der Waals surface area contributed by atoms with Crippen LogP contribution in [-0.2, 0) is 0 Å². The summed E-state index contributed by atoms with van der Waals surface area (Å²) in [4.78, 5) is 4.25. The van der Waals surface area contributed by atoms with E-state index in [4.69, 9.17) is 11.6 Å². The van der Waals surface area contributed by atoms with Crippen LogP contribution >= 0.6 is 27.5 Å². The van der Waals surface area contributed by atoms with Crippen LogP contribution in [0.5, 0.6) is 0 Å². The Morgan fingerprint density at radius 1 is 1.41 bits per heavy atom. The van der Waals surface area contributed by atoms with E-state index in [9.17, 15) is 0 Å². The lowest BCUT2D eigenvalue weighted by Crippen LogP contribution is -2.06. The molecular weight excluding hydrogens is 300 g/mol. The Balaban J connectivity index is 1.83. The van der Waals surface area contributed by atoms with E-state index in [-0.39, 0.29) is 0 Å². The molecule has 1 aromatic heterocycles. The van der Waals surface area contributed by atoms with Gasteiger partial charge in [0.25, 0.3) is 0 Å². The van der Waals surface area contributed by atoms with Gasteiger partial charge in [-0.15, -0.1) is 0 Å². The van der Waals surface area contributed by atoms with Gasteiger partial charge in [0.2, 0.25) is 0 Å². The van der Waals surface area contributed by atoms with Gasteiger partial charge in [0.15, 0.2) is 0 Å². The SMILES string of the molecule is Clc1cnc(NCCC2=CCCCC2)c(Br)c1. The Labute approximate surface area is 116 Å². The molecule has 0 saturated heterocycles. The van der Waals surface area contributed by atoms with E-state index in [0.717, 1.165) is 23.3 Å². The smallest absolute Gasteiger partial charge is 0.140 e. The van der Waals surface area contributed by atoms with Crippen molar-refractivity contribution < 1.29 is 0 Å². The molecule has 0 amide bonds. The second kappa shape index (κ2) is 6.41. The Kier molecular flexibility index (Phi) is 4.86. The molecule has 0 saturated carbocycles. The van der Waals surface area contributed by atoms with Crippen LogP contribution in [0.2, 0.25) is 5.02 Å². The first kappa shape index (κ1) is 12.9. The van der Waals surface area contributed by atoms with Crippen LogP contribution in [0.4, 0.5) is 5.82 Å². The number of rotatable bonds is 4. The van der Waals surface area contributed by atoms with E-state index < -0.39 is 0 Å². The molecule has 1 aromatic rings. The largest absolute Gasteiger partial charge is 0.369 e. The fourth-order valence-corrected chi connectivity index (χ4v) is 2.80. The maximum Gasteiger partial charge on any atom is 0.140 e. The monoisotopic (exact) mass is 314 g/mol. The lowest BCUT2D eigenvalue weighted by atomic mass is 9.97. The van der Waals surface area contributed by atoms with E-state index in [1.54, 1.807) is 11.8 Å². The molecule has 0 aliphatic heterocycles. The zero-order chi connectivity index (χ0) is 12.1. The Morgan fingerprint density at radius 2 is 2.29 bits per heavy atom. The van der Waals surface area contributed by atoms with Gasteiger partial charge in [-0.1, -0.05) is 23.3 Å². The van der Waals surface area contributed by atoms with Gasteiger partial charge < -0.3 is 5.32 Å². The maximum atomic E-state index is 5.84. The molecule has 0 bridgehead atoms. The molecule has 4 heteroatoms. The lowest BCUT2D eigenvalue weighted by Gasteiger charge is -2.13. The number of halogens is 2. The molecule has 0 spiro atoms. The summed E-state index contributed by atoms with van der Waals surface area (Å²) in [6.45, 7) is 0.930. The molecule has 0 radical (unpaired) electrons. The fraction of sp³-hybridized carbons (Fsp3) is 0.462. The Morgan fingerprint density at radius 3 is 3.00 bits per heavy atom. The first-order valence-electron chi connectivity index (χ1n) is 5.98. The third kappa shape index (κ3) is 4.00. The molecule has 1 N–H and O–H groups in total. The number of allylic oxidation sites excluding steroid dienone is 1. The van der Waals surface area contributed by atoms with E-state index in [1.807, 2.05) is 6.07 Å². The van der Waals surface area contributed by atoms with Crippen LogP contribution in [0, 0.1) is 0 Å². The molecule has 1 aliphatic rings. The standard InChI is InChI=1S/C13H16BrClN2/c14-12-8-11(15)9-17-13(12)16-7-6-10-4-2-1-3-5-10/h4,8-9H,1-3,5-7H2,(H,16,17). The van der Waals surface area contributed by atoms with Gasteiger partial charge in [-0.05, 0) is 54.1 Å². The number of pyridine rings is 1. The highest BCUT2D eigenvalue weighted by Gasteiger charge is 2.05. The summed E-state index contributed by atoms with van der Waals surface area (Å²) in [7, 11) is 0. The van der Waals surface area contributed by atoms with E-state index in [0.29, 0.717) is 5.02 Å². The average Bonchev–Trinajstić information content (AvgIpc) is 2.33. The minimum absolute atomic E-state index is 0.650. The third-order valence-electron chi connectivity index (χ3n) is 2.93. The van der Waals surface area contributed by atoms with Gasteiger partial charge in [-0.2, -0.15) is 0 Å². The number of nitrogens with zero attached hydrogens (tertiary/aromatic N) is 1. The van der Waals surface area contributed by atoms with Crippen molar-refractivity contribution in [2.45, 2.75) is 32.1 Å². The second-order valence-electron chi connectivity index (χ2n) is 4.27. The molecule has 92 valence electrons. The van der Waals surface area contributed by atoms with Crippen molar-refractivity contribution >= 4 is 33.3 Å². The van der Waals surface area contributed by atoms with Crippen LogP contribution in [0.1, 0.15) is 32.1 Å². The normalized spacial score (nSPS) is 15.5. The van der Waals surface area contributed by atoms with Crippen LogP contribution in [0.25, 0.3) is 0 Å². The highest BCUT2D eigenvalue weighted by molar-refractivity contribution is 9.10. The van der Waals surface area contributed by atoms with E-state index in [1.165, 1.54) is 25.7 Å². The first-order valence-corrected chi connectivity index (χ1v) is 7.15. The summed E-state index contributed by atoms with van der Waals surface area (Å²) in [6, 6.07) is 1.86. The number of hydrogen-bond acceptors (Lipinski definition) is 2. The fourth-order valence-electron chi connectivity index (χ4n) is 2.02. The summed E-state index contributed by atoms with van der Waals surface area (Å²) in [5, 5.41) is 3.98. The van der Waals surface area contributed by atoms with E-state index >= 15 is 0 Å². The summed E-state index contributed by atoms with van der Waals surface area (Å²) in [6.07, 6.45) is 10.4. The van der Waals surface area contributed by atoms with Crippen molar-refractivity contribution in [1.29, 1.82) is 0 Å². The highest BCUT2D eigenvalue weighted by atomic mass is 79.9. The quantitative estimate of drug-likeness (QED) is 0.807. The predicted molar refractivity (Wildman–Crippen MR) is 76.6 cm³/mol. The molecule has 2 rings (SSSR count). The summed E-state index contributed by atoms with van der Waals surface area (Å²) >= 11 is 9.29. The van der Waals surface area contributed by atoms with Crippen molar-refractivity contribution in [1.82, 2.24) is 4.98 Å².